The largest absolute Gasteiger partial charge is 0.390 e. The molecular formula is C30H45NO2. The Kier molecular flexibility index (Phi) is 6.27. The summed E-state index contributed by atoms with van der Waals surface area (Å²) in [4.78, 5) is 4.34. The van der Waals surface area contributed by atoms with E-state index in [1.807, 2.05) is 18.2 Å². The SMILES string of the molecule is CC[C@]1(O)CC[C@@]2(C)C(=CC[C@H]3[C@@H]4CC[C@H](CCC[C@H](O)c5ccccn5)[C@@]4(C)CC[C@@H]32)C1. The molecule has 1 aromatic heterocycles. The van der Waals surface area contributed by atoms with E-state index in [9.17, 15) is 10.2 Å². The molecule has 0 unspecified atom stereocenters. The third kappa shape index (κ3) is 4.01. The summed E-state index contributed by atoms with van der Waals surface area (Å²) in [6.07, 6.45) is 17.7. The van der Waals surface area contributed by atoms with Gasteiger partial charge in [0.25, 0.3) is 0 Å². The fourth-order valence-electron chi connectivity index (χ4n) is 8.88. The molecule has 3 heteroatoms. The van der Waals surface area contributed by atoms with Crippen LogP contribution in [0.3, 0.4) is 0 Å². The highest BCUT2D eigenvalue weighted by molar-refractivity contribution is 5.27. The van der Waals surface area contributed by atoms with E-state index in [4.69, 9.17) is 0 Å². The quantitative estimate of drug-likeness (QED) is 0.458. The van der Waals surface area contributed by atoms with Crippen molar-refractivity contribution in [3.63, 3.8) is 0 Å². The van der Waals surface area contributed by atoms with Crippen LogP contribution in [0.5, 0.6) is 0 Å². The molecule has 0 spiro atoms. The Morgan fingerprint density at radius 1 is 1.09 bits per heavy atom. The zero-order chi connectivity index (χ0) is 23.3. The summed E-state index contributed by atoms with van der Waals surface area (Å²) >= 11 is 0. The summed E-state index contributed by atoms with van der Waals surface area (Å²) < 4.78 is 0. The van der Waals surface area contributed by atoms with Gasteiger partial charge in [0.05, 0.1) is 17.4 Å². The van der Waals surface area contributed by atoms with E-state index in [0.29, 0.717) is 10.8 Å². The van der Waals surface area contributed by atoms with Gasteiger partial charge in [-0.05, 0) is 117 Å². The molecule has 0 bridgehead atoms. The van der Waals surface area contributed by atoms with Crippen molar-refractivity contribution in [2.45, 2.75) is 110 Å². The second-order valence-electron chi connectivity index (χ2n) is 12.5. The number of aliphatic hydroxyl groups excluding tert-OH is 1. The van der Waals surface area contributed by atoms with Gasteiger partial charge < -0.3 is 10.2 Å². The smallest absolute Gasteiger partial charge is 0.0959 e. The zero-order valence-electron chi connectivity index (χ0n) is 21.1. The second-order valence-corrected chi connectivity index (χ2v) is 12.5. The van der Waals surface area contributed by atoms with Crippen LogP contribution in [0.15, 0.2) is 36.0 Å². The molecule has 33 heavy (non-hydrogen) atoms. The summed E-state index contributed by atoms with van der Waals surface area (Å²) in [6, 6.07) is 5.82. The van der Waals surface area contributed by atoms with Crippen LogP contribution in [0.2, 0.25) is 0 Å². The van der Waals surface area contributed by atoms with Crippen LogP contribution in [-0.2, 0) is 0 Å². The average molecular weight is 452 g/mol. The lowest BCUT2D eigenvalue weighted by atomic mass is 9.46. The van der Waals surface area contributed by atoms with Crippen LogP contribution in [0.4, 0.5) is 0 Å². The lowest BCUT2D eigenvalue weighted by Crippen LogP contribution is -2.52. The minimum Gasteiger partial charge on any atom is -0.390 e. The van der Waals surface area contributed by atoms with Gasteiger partial charge in [0.2, 0.25) is 0 Å². The van der Waals surface area contributed by atoms with Gasteiger partial charge in [-0.25, -0.2) is 0 Å². The van der Waals surface area contributed by atoms with Gasteiger partial charge >= 0.3 is 0 Å². The Bertz CT molecular complexity index is 867. The minimum atomic E-state index is -0.459. The fourth-order valence-corrected chi connectivity index (χ4v) is 8.88. The maximum atomic E-state index is 11.0. The van der Waals surface area contributed by atoms with Gasteiger partial charge in [0, 0.05) is 6.20 Å². The number of allylic oxidation sites excluding steroid dienone is 1. The van der Waals surface area contributed by atoms with E-state index < -0.39 is 11.7 Å². The average Bonchev–Trinajstić information content (AvgIpc) is 3.16. The predicted molar refractivity (Wildman–Crippen MR) is 133 cm³/mol. The first-order valence-corrected chi connectivity index (χ1v) is 13.8. The molecule has 0 saturated heterocycles. The van der Waals surface area contributed by atoms with Crippen LogP contribution in [0.1, 0.15) is 110 Å². The Balaban J connectivity index is 1.25. The topological polar surface area (TPSA) is 53.4 Å². The van der Waals surface area contributed by atoms with Crippen molar-refractivity contribution in [3.05, 3.63) is 41.7 Å². The molecule has 0 aromatic carbocycles. The molecule has 4 aliphatic carbocycles. The number of pyridine rings is 1. The number of nitrogens with zero attached hydrogens (tertiary/aromatic N) is 1. The highest BCUT2D eigenvalue weighted by Gasteiger charge is 2.59. The summed E-state index contributed by atoms with van der Waals surface area (Å²) in [6.45, 7) is 7.30. The normalized spacial score (nSPS) is 43.2. The van der Waals surface area contributed by atoms with E-state index in [-0.39, 0.29) is 0 Å². The molecule has 0 amide bonds. The Hall–Kier alpha value is -1.19. The number of hydrogen-bond donors (Lipinski definition) is 2. The van der Waals surface area contributed by atoms with Crippen molar-refractivity contribution >= 4 is 0 Å². The van der Waals surface area contributed by atoms with E-state index in [1.54, 1.807) is 11.8 Å². The van der Waals surface area contributed by atoms with Crippen molar-refractivity contribution in [2.24, 2.45) is 34.5 Å². The van der Waals surface area contributed by atoms with E-state index in [0.717, 1.165) is 61.5 Å². The molecule has 3 saturated carbocycles. The third-order valence-electron chi connectivity index (χ3n) is 11.2. The molecular weight excluding hydrogens is 406 g/mol. The molecule has 2 N–H and O–H groups in total. The highest BCUT2D eigenvalue weighted by Crippen LogP contribution is 2.67. The molecule has 3 fully saturated rings. The first kappa shape index (κ1) is 23.5. The van der Waals surface area contributed by atoms with Gasteiger partial charge in [0.1, 0.15) is 0 Å². The molecule has 1 heterocycles. The van der Waals surface area contributed by atoms with Crippen molar-refractivity contribution in [3.8, 4) is 0 Å². The Labute approximate surface area is 201 Å². The lowest BCUT2D eigenvalue weighted by Gasteiger charge is -2.59. The van der Waals surface area contributed by atoms with Crippen LogP contribution in [-0.4, -0.2) is 20.8 Å². The first-order chi connectivity index (χ1) is 15.8. The summed E-state index contributed by atoms with van der Waals surface area (Å²) in [5, 5.41) is 21.5. The predicted octanol–water partition coefficient (Wildman–Crippen LogP) is 7.01. The first-order valence-electron chi connectivity index (χ1n) is 13.8. The minimum absolute atomic E-state index is 0.316. The number of hydrogen-bond acceptors (Lipinski definition) is 3. The number of rotatable bonds is 6. The monoisotopic (exact) mass is 451 g/mol. The standard InChI is InChI=1S/C30H45NO2/c1-4-30(33)18-17-29(3)22(20-30)11-13-23-24-14-12-21(28(24,2)16-15-25(23)29)8-7-10-27(32)26-9-5-6-19-31-26/h5-6,9,11,19,21,23-25,27,32-33H,4,7-8,10,12-18,20H2,1-3H3/t21-,23-,24-,25-,27-,28+,29-,30-/m0/s1. The van der Waals surface area contributed by atoms with Gasteiger partial charge in [-0.2, -0.15) is 0 Å². The van der Waals surface area contributed by atoms with E-state index in [1.165, 1.54) is 44.9 Å². The molecule has 3 nitrogen and oxygen atoms in total. The molecule has 0 radical (unpaired) electrons. The maximum Gasteiger partial charge on any atom is 0.0959 e. The summed E-state index contributed by atoms with van der Waals surface area (Å²) in [7, 11) is 0. The molecule has 0 aliphatic heterocycles. The van der Waals surface area contributed by atoms with Crippen molar-refractivity contribution in [1.29, 1.82) is 0 Å². The molecule has 1 aromatic rings. The zero-order valence-corrected chi connectivity index (χ0v) is 21.1. The van der Waals surface area contributed by atoms with E-state index in [2.05, 4.69) is 31.8 Å². The van der Waals surface area contributed by atoms with Crippen LogP contribution < -0.4 is 0 Å². The Morgan fingerprint density at radius 2 is 1.94 bits per heavy atom. The fraction of sp³-hybridized carbons (Fsp3) is 0.767. The summed E-state index contributed by atoms with van der Waals surface area (Å²) in [5.74, 6) is 3.29. The number of aromatic nitrogens is 1. The number of fused-ring (bicyclic) bond motifs is 5. The molecule has 4 aliphatic rings. The van der Waals surface area contributed by atoms with Crippen LogP contribution in [0, 0.1) is 34.5 Å². The molecule has 182 valence electrons. The van der Waals surface area contributed by atoms with Gasteiger partial charge in [-0.1, -0.05) is 44.9 Å². The Morgan fingerprint density at radius 3 is 2.70 bits per heavy atom. The summed E-state index contributed by atoms with van der Waals surface area (Å²) in [5.41, 5.74) is 2.73. The van der Waals surface area contributed by atoms with E-state index >= 15 is 0 Å². The van der Waals surface area contributed by atoms with Gasteiger partial charge in [-0.15, -0.1) is 0 Å². The second kappa shape index (κ2) is 8.79. The van der Waals surface area contributed by atoms with Crippen molar-refractivity contribution in [1.82, 2.24) is 4.98 Å². The van der Waals surface area contributed by atoms with Crippen molar-refractivity contribution < 1.29 is 10.2 Å². The van der Waals surface area contributed by atoms with Gasteiger partial charge in [-0.3, -0.25) is 4.98 Å². The maximum absolute atomic E-state index is 11.0. The van der Waals surface area contributed by atoms with Gasteiger partial charge in [0.15, 0.2) is 0 Å². The molecule has 5 rings (SSSR count). The lowest BCUT2D eigenvalue weighted by molar-refractivity contribution is -0.0718. The van der Waals surface area contributed by atoms with Crippen LogP contribution in [0.25, 0.3) is 0 Å². The third-order valence-corrected chi connectivity index (χ3v) is 11.2. The number of aliphatic hydroxyl groups is 2. The molecule has 8 atom stereocenters. The highest BCUT2D eigenvalue weighted by atomic mass is 16.3. The van der Waals surface area contributed by atoms with Crippen molar-refractivity contribution in [2.75, 3.05) is 0 Å². The van der Waals surface area contributed by atoms with Crippen LogP contribution >= 0.6 is 0 Å².